The average molecular weight is 192 g/mol. The van der Waals surface area contributed by atoms with Gasteiger partial charge < -0.3 is 10.2 Å². The molecule has 2 heteroatoms. The van der Waals surface area contributed by atoms with Crippen LogP contribution in [0, 0.1) is 0 Å². The lowest BCUT2D eigenvalue weighted by Gasteiger charge is -2.38. The molecule has 1 aromatic rings. The summed E-state index contributed by atoms with van der Waals surface area (Å²) in [5, 5.41) is 20.2. The van der Waals surface area contributed by atoms with E-state index in [1.165, 1.54) is 5.56 Å². The number of hydrogen-bond donors (Lipinski definition) is 2. The number of rotatable bonds is 1. The molecule has 0 saturated heterocycles. The summed E-state index contributed by atoms with van der Waals surface area (Å²) in [7, 11) is 0. The molecule has 0 bridgehead atoms. The van der Waals surface area contributed by atoms with Gasteiger partial charge in [-0.2, -0.15) is 0 Å². The van der Waals surface area contributed by atoms with Crippen LogP contribution in [0.15, 0.2) is 24.3 Å². The molecule has 0 heterocycles. The number of hydrogen-bond acceptors (Lipinski definition) is 2. The predicted molar refractivity (Wildman–Crippen MR) is 55.0 cm³/mol. The highest BCUT2D eigenvalue weighted by Gasteiger charge is 2.39. The van der Waals surface area contributed by atoms with E-state index in [1.807, 2.05) is 31.2 Å². The Hall–Kier alpha value is -0.860. The van der Waals surface area contributed by atoms with Gasteiger partial charge in [-0.3, -0.25) is 0 Å². The van der Waals surface area contributed by atoms with Crippen LogP contribution < -0.4 is 0 Å². The summed E-state index contributed by atoms with van der Waals surface area (Å²) in [6, 6.07) is 7.84. The van der Waals surface area contributed by atoms with Gasteiger partial charge in [0.1, 0.15) is 5.60 Å². The maximum atomic E-state index is 10.4. The lowest BCUT2D eigenvalue weighted by Crippen LogP contribution is -2.42. The second-order valence-electron chi connectivity index (χ2n) is 3.99. The van der Waals surface area contributed by atoms with E-state index in [4.69, 9.17) is 0 Å². The highest BCUT2D eigenvalue weighted by molar-refractivity contribution is 5.35. The molecule has 2 N–H and O–H groups in total. The second-order valence-corrected chi connectivity index (χ2v) is 3.99. The minimum Gasteiger partial charge on any atom is -0.390 e. The molecule has 0 unspecified atom stereocenters. The van der Waals surface area contributed by atoms with Gasteiger partial charge in [0.2, 0.25) is 0 Å². The summed E-state index contributed by atoms with van der Waals surface area (Å²) in [6.07, 6.45) is 1.45. The van der Waals surface area contributed by atoms with Crippen molar-refractivity contribution in [1.29, 1.82) is 0 Å². The van der Waals surface area contributed by atoms with Gasteiger partial charge in [-0.1, -0.05) is 31.2 Å². The molecule has 1 aromatic carbocycles. The van der Waals surface area contributed by atoms with Crippen LogP contribution in [0.1, 0.15) is 30.9 Å². The molecular weight excluding hydrogens is 176 g/mol. The number of aryl methyl sites for hydroxylation is 1. The Balaban J connectivity index is 2.52. The van der Waals surface area contributed by atoms with E-state index in [-0.39, 0.29) is 0 Å². The van der Waals surface area contributed by atoms with Crippen molar-refractivity contribution in [1.82, 2.24) is 0 Å². The Morgan fingerprint density at radius 1 is 1.43 bits per heavy atom. The highest BCUT2D eigenvalue weighted by Crippen LogP contribution is 2.37. The molecule has 0 aromatic heterocycles. The first kappa shape index (κ1) is 9.69. The van der Waals surface area contributed by atoms with Gasteiger partial charge in [0, 0.05) is 0 Å². The Morgan fingerprint density at radius 2 is 2.14 bits per heavy atom. The third-order valence-electron chi connectivity index (χ3n) is 3.26. The largest absolute Gasteiger partial charge is 0.390 e. The molecule has 76 valence electrons. The molecule has 2 nitrogen and oxygen atoms in total. The standard InChI is InChI=1S/C12H16O2/c1-2-12(14)10-6-4-3-5-9(10)7-8-11(12)13/h3-6,11,13-14H,2,7-8H2,1H3/t11-,12-/m0/s1. The lowest BCUT2D eigenvalue weighted by molar-refractivity contribution is -0.0926. The van der Waals surface area contributed by atoms with Crippen molar-refractivity contribution < 1.29 is 10.2 Å². The minimum atomic E-state index is -1.03. The minimum absolute atomic E-state index is 0.561. The van der Waals surface area contributed by atoms with Crippen LogP contribution in [0.5, 0.6) is 0 Å². The smallest absolute Gasteiger partial charge is 0.115 e. The first-order valence-corrected chi connectivity index (χ1v) is 5.17. The van der Waals surface area contributed by atoms with Crippen molar-refractivity contribution >= 4 is 0 Å². The number of aliphatic hydroxyl groups excluding tert-OH is 1. The summed E-state index contributed by atoms with van der Waals surface area (Å²) in [5.41, 5.74) is 1.04. The zero-order valence-electron chi connectivity index (χ0n) is 8.40. The molecule has 1 aliphatic carbocycles. The average Bonchev–Trinajstić information content (AvgIpc) is 2.24. The number of fused-ring (bicyclic) bond motifs is 1. The summed E-state index contributed by atoms with van der Waals surface area (Å²) in [6.45, 7) is 1.91. The van der Waals surface area contributed by atoms with E-state index in [2.05, 4.69) is 0 Å². The van der Waals surface area contributed by atoms with Crippen LogP contribution in [0.2, 0.25) is 0 Å². The van der Waals surface area contributed by atoms with E-state index >= 15 is 0 Å². The first-order chi connectivity index (χ1) is 6.68. The van der Waals surface area contributed by atoms with Gasteiger partial charge in [-0.05, 0) is 30.4 Å². The molecule has 0 aliphatic heterocycles. The monoisotopic (exact) mass is 192 g/mol. The van der Waals surface area contributed by atoms with Crippen LogP contribution in [-0.4, -0.2) is 16.3 Å². The zero-order chi connectivity index (χ0) is 10.2. The molecule has 0 saturated carbocycles. The van der Waals surface area contributed by atoms with E-state index in [9.17, 15) is 10.2 Å². The van der Waals surface area contributed by atoms with Crippen molar-refractivity contribution in [2.75, 3.05) is 0 Å². The second kappa shape index (κ2) is 3.37. The summed E-state index contributed by atoms with van der Waals surface area (Å²) in [4.78, 5) is 0. The predicted octanol–water partition coefficient (Wildman–Crippen LogP) is 1.59. The summed E-state index contributed by atoms with van der Waals surface area (Å²) >= 11 is 0. The van der Waals surface area contributed by atoms with Crippen LogP contribution in [-0.2, 0) is 12.0 Å². The molecule has 1 aliphatic rings. The van der Waals surface area contributed by atoms with Gasteiger partial charge in [0.15, 0.2) is 0 Å². The van der Waals surface area contributed by atoms with Crippen molar-refractivity contribution in [2.45, 2.75) is 37.9 Å². The van der Waals surface area contributed by atoms with Crippen LogP contribution in [0.4, 0.5) is 0 Å². The van der Waals surface area contributed by atoms with Crippen molar-refractivity contribution in [2.24, 2.45) is 0 Å². The summed E-state index contributed by atoms with van der Waals surface area (Å²) in [5.74, 6) is 0. The Bertz CT molecular complexity index is 335. The van der Waals surface area contributed by atoms with Gasteiger partial charge in [-0.25, -0.2) is 0 Å². The molecule has 0 fully saturated rings. The van der Waals surface area contributed by atoms with E-state index < -0.39 is 11.7 Å². The number of benzene rings is 1. The molecule has 0 amide bonds. The van der Waals surface area contributed by atoms with Crippen molar-refractivity contribution in [3.8, 4) is 0 Å². The van der Waals surface area contributed by atoms with E-state index in [0.717, 1.165) is 12.0 Å². The lowest BCUT2D eigenvalue weighted by atomic mass is 9.75. The Labute approximate surface area is 84.2 Å². The Kier molecular flexibility index (Phi) is 2.33. The van der Waals surface area contributed by atoms with Gasteiger partial charge in [-0.15, -0.1) is 0 Å². The molecule has 2 atom stereocenters. The van der Waals surface area contributed by atoms with E-state index in [1.54, 1.807) is 0 Å². The van der Waals surface area contributed by atoms with Crippen molar-refractivity contribution in [3.05, 3.63) is 35.4 Å². The highest BCUT2D eigenvalue weighted by atomic mass is 16.3. The van der Waals surface area contributed by atoms with Gasteiger partial charge in [0.25, 0.3) is 0 Å². The number of aliphatic hydroxyl groups is 2. The van der Waals surface area contributed by atoms with Gasteiger partial charge in [0.05, 0.1) is 6.10 Å². The zero-order valence-corrected chi connectivity index (χ0v) is 8.40. The van der Waals surface area contributed by atoms with E-state index in [0.29, 0.717) is 12.8 Å². The van der Waals surface area contributed by atoms with Crippen molar-refractivity contribution in [3.63, 3.8) is 0 Å². The first-order valence-electron chi connectivity index (χ1n) is 5.17. The Morgan fingerprint density at radius 3 is 2.86 bits per heavy atom. The fourth-order valence-electron chi connectivity index (χ4n) is 2.30. The molecule has 14 heavy (non-hydrogen) atoms. The SMILES string of the molecule is CC[C@]1(O)c2ccccc2CC[C@@H]1O. The third-order valence-corrected chi connectivity index (χ3v) is 3.26. The van der Waals surface area contributed by atoms with Crippen LogP contribution in [0.25, 0.3) is 0 Å². The van der Waals surface area contributed by atoms with Gasteiger partial charge >= 0.3 is 0 Å². The fourth-order valence-corrected chi connectivity index (χ4v) is 2.30. The maximum Gasteiger partial charge on any atom is 0.115 e. The quantitative estimate of drug-likeness (QED) is 0.709. The third kappa shape index (κ3) is 1.26. The normalized spacial score (nSPS) is 31.2. The fraction of sp³-hybridized carbons (Fsp3) is 0.500. The molecule has 0 spiro atoms. The van der Waals surface area contributed by atoms with Crippen LogP contribution >= 0.6 is 0 Å². The molecular formula is C12H16O2. The molecule has 2 rings (SSSR count). The molecule has 0 radical (unpaired) electrons. The summed E-state index contributed by atoms with van der Waals surface area (Å²) < 4.78 is 0. The maximum absolute atomic E-state index is 10.4. The van der Waals surface area contributed by atoms with Crippen LogP contribution in [0.3, 0.4) is 0 Å². The topological polar surface area (TPSA) is 40.5 Å².